The van der Waals surface area contributed by atoms with E-state index in [9.17, 15) is 0 Å². The van der Waals surface area contributed by atoms with Crippen molar-refractivity contribution in [2.45, 2.75) is 32.6 Å². The van der Waals surface area contributed by atoms with Crippen LogP contribution in [0.25, 0.3) is 0 Å². The topological polar surface area (TPSA) is 0 Å². The zero-order valence-electron chi connectivity index (χ0n) is 6.06. The second-order valence-electron chi connectivity index (χ2n) is 4.60. The lowest BCUT2D eigenvalue weighted by Gasteiger charge is -2.23. The first kappa shape index (κ1) is 4.76. The first-order valence-corrected chi connectivity index (χ1v) is 4.31. The summed E-state index contributed by atoms with van der Waals surface area (Å²) in [7, 11) is 0. The van der Waals surface area contributed by atoms with E-state index in [1.54, 1.807) is 25.7 Å². The van der Waals surface area contributed by atoms with Gasteiger partial charge in [0.2, 0.25) is 0 Å². The van der Waals surface area contributed by atoms with Crippen LogP contribution in [0.3, 0.4) is 0 Å². The average molecular weight is 122 g/mol. The van der Waals surface area contributed by atoms with Crippen molar-refractivity contribution in [1.29, 1.82) is 0 Å². The van der Waals surface area contributed by atoms with Gasteiger partial charge in [-0.15, -0.1) is 0 Å². The molecule has 4 aliphatic rings. The van der Waals surface area contributed by atoms with Crippen molar-refractivity contribution >= 4 is 0 Å². The molecule has 0 amide bonds. The summed E-state index contributed by atoms with van der Waals surface area (Å²) in [5.74, 6) is 3.53. The minimum atomic E-state index is 0.878. The van der Waals surface area contributed by atoms with Crippen molar-refractivity contribution in [3.05, 3.63) is 0 Å². The molecule has 4 atom stereocenters. The monoisotopic (exact) mass is 122 g/mol. The van der Waals surface area contributed by atoms with Crippen molar-refractivity contribution < 1.29 is 0 Å². The van der Waals surface area contributed by atoms with Crippen molar-refractivity contribution in [1.82, 2.24) is 0 Å². The molecule has 0 heteroatoms. The van der Waals surface area contributed by atoms with Gasteiger partial charge in [0.1, 0.15) is 0 Å². The number of fused-ring (bicyclic) bond motifs is 1. The first-order valence-electron chi connectivity index (χ1n) is 4.31. The molecule has 4 saturated carbocycles. The minimum Gasteiger partial charge on any atom is -0.0591 e. The SMILES string of the molecule is CC12CC3CCC1C2C3. The van der Waals surface area contributed by atoms with Gasteiger partial charge in [0.25, 0.3) is 0 Å². The molecule has 0 nitrogen and oxygen atoms in total. The average Bonchev–Trinajstić information content (AvgIpc) is 2.30. The lowest BCUT2D eigenvalue weighted by atomic mass is 9.82. The van der Waals surface area contributed by atoms with E-state index in [0.717, 1.165) is 11.3 Å². The van der Waals surface area contributed by atoms with Gasteiger partial charge in [-0.2, -0.15) is 0 Å². The summed E-state index contributed by atoms with van der Waals surface area (Å²) in [6, 6.07) is 0. The maximum Gasteiger partial charge on any atom is -0.0261 e. The van der Waals surface area contributed by atoms with Gasteiger partial charge in [-0.05, 0) is 42.4 Å². The Morgan fingerprint density at radius 3 is 2.33 bits per heavy atom. The summed E-state index contributed by atoms with van der Waals surface area (Å²) in [5, 5.41) is 0. The molecule has 0 heterocycles. The van der Waals surface area contributed by atoms with Gasteiger partial charge in [0.05, 0.1) is 0 Å². The highest BCUT2D eigenvalue weighted by molar-refractivity contribution is 5.16. The zero-order chi connectivity index (χ0) is 6.06. The molecule has 4 unspecified atom stereocenters. The maximum atomic E-state index is 2.52. The fourth-order valence-electron chi connectivity index (χ4n) is 3.73. The Morgan fingerprint density at radius 1 is 1.22 bits per heavy atom. The largest absolute Gasteiger partial charge is 0.0591 e. The van der Waals surface area contributed by atoms with Crippen LogP contribution in [0, 0.1) is 23.2 Å². The number of hydrogen-bond donors (Lipinski definition) is 0. The molecule has 0 saturated heterocycles. The van der Waals surface area contributed by atoms with Gasteiger partial charge in [0, 0.05) is 0 Å². The van der Waals surface area contributed by atoms with E-state index in [4.69, 9.17) is 0 Å². The minimum absolute atomic E-state index is 0.878. The van der Waals surface area contributed by atoms with Crippen molar-refractivity contribution in [2.24, 2.45) is 23.2 Å². The third-order valence-electron chi connectivity index (χ3n) is 4.27. The highest BCUT2D eigenvalue weighted by Gasteiger charge is 2.67. The maximum absolute atomic E-state index is 2.52. The van der Waals surface area contributed by atoms with E-state index in [2.05, 4.69) is 6.92 Å². The van der Waals surface area contributed by atoms with Crippen molar-refractivity contribution in [2.75, 3.05) is 0 Å². The van der Waals surface area contributed by atoms with Gasteiger partial charge in [-0.25, -0.2) is 0 Å². The lowest BCUT2D eigenvalue weighted by Crippen LogP contribution is -2.12. The molecule has 4 aliphatic carbocycles. The molecule has 4 rings (SSSR count). The van der Waals surface area contributed by atoms with Crippen LogP contribution in [0.15, 0.2) is 0 Å². The van der Waals surface area contributed by atoms with Crippen LogP contribution in [0.1, 0.15) is 32.6 Å². The molecule has 0 aliphatic heterocycles. The van der Waals surface area contributed by atoms with Crippen LogP contribution in [0.5, 0.6) is 0 Å². The summed E-state index contributed by atoms with van der Waals surface area (Å²) >= 11 is 0. The fourth-order valence-corrected chi connectivity index (χ4v) is 3.73. The molecule has 0 spiro atoms. The molecular weight excluding hydrogens is 108 g/mol. The Hall–Kier alpha value is 0. The van der Waals surface area contributed by atoms with Crippen LogP contribution in [-0.4, -0.2) is 0 Å². The second-order valence-corrected chi connectivity index (χ2v) is 4.60. The summed E-state index contributed by atoms with van der Waals surface area (Å²) in [6.45, 7) is 2.52. The molecule has 0 N–H and O–H groups in total. The number of rotatable bonds is 0. The zero-order valence-corrected chi connectivity index (χ0v) is 6.06. The Balaban J connectivity index is 2.02. The third-order valence-corrected chi connectivity index (χ3v) is 4.27. The standard InChI is InChI=1S/C9H14/c1-9-5-6-2-3-7(9)8(9)4-6/h6-8H,2-5H2,1H3. The first-order chi connectivity index (χ1) is 4.31. The van der Waals surface area contributed by atoms with Crippen LogP contribution >= 0.6 is 0 Å². The summed E-state index contributed by atoms with van der Waals surface area (Å²) < 4.78 is 0. The van der Waals surface area contributed by atoms with Gasteiger partial charge in [-0.1, -0.05) is 13.3 Å². The van der Waals surface area contributed by atoms with Gasteiger partial charge >= 0.3 is 0 Å². The summed E-state index contributed by atoms with van der Waals surface area (Å²) in [6.07, 6.45) is 6.33. The van der Waals surface area contributed by atoms with Crippen LogP contribution < -0.4 is 0 Å². The quantitative estimate of drug-likeness (QED) is 0.463. The summed E-state index contributed by atoms with van der Waals surface area (Å²) in [5.41, 5.74) is 0.878. The fraction of sp³-hybridized carbons (Fsp3) is 1.00. The Morgan fingerprint density at radius 2 is 2.11 bits per heavy atom. The van der Waals surface area contributed by atoms with Gasteiger partial charge < -0.3 is 0 Å². The van der Waals surface area contributed by atoms with Gasteiger partial charge in [-0.3, -0.25) is 0 Å². The van der Waals surface area contributed by atoms with E-state index >= 15 is 0 Å². The molecule has 50 valence electrons. The highest BCUT2D eigenvalue weighted by Crippen LogP contribution is 2.75. The molecule has 4 fully saturated rings. The molecular formula is C9H14. The van der Waals surface area contributed by atoms with E-state index in [-0.39, 0.29) is 0 Å². The van der Waals surface area contributed by atoms with Crippen LogP contribution in [0.2, 0.25) is 0 Å². The normalized spacial score (nSPS) is 68.3. The summed E-state index contributed by atoms with van der Waals surface area (Å²) in [4.78, 5) is 0. The predicted molar refractivity (Wildman–Crippen MR) is 37.0 cm³/mol. The molecule has 0 aromatic carbocycles. The van der Waals surface area contributed by atoms with E-state index < -0.39 is 0 Å². The van der Waals surface area contributed by atoms with Gasteiger partial charge in [0.15, 0.2) is 0 Å². The molecule has 9 heavy (non-hydrogen) atoms. The second kappa shape index (κ2) is 1.09. The Kier molecular flexibility index (Phi) is 0.574. The van der Waals surface area contributed by atoms with Crippen molar-refractivity contribution in [3.63, 3.8) is 0 Å². The highest BCUT2D eigenvalue weighted by atomic mass is 14.7. The van der Waals surface area contributed by atoms with E-state index in [1.807, 2.05) is 0 Å². The van der Waals surface area contributed by atoms with E-state index in [1.165, 1.54) is 11.8 Å². The molecule has 0 aromatic heterocycles. The predicted octanol–water partition coefficient (Wildman–Crippen LogP) is 2.44. The Labute approximate surface area is 56.6 Å². The van der Waals surface area contributed by atoms with E-state index in [0.29, 0.717) is 0 Å². The smallest absolute Gasteiger partial charge is 0.0261 e. The molecule has 0 radical (unpaired) electrons. The molecule has 0 aromatic rings. The lowest BCUT2D eigenvalue weighted by molar-refractivity contribution is 0.277. The van der Waals surface area contributed by atoms with Crippen LogP contribution in [0.4, 0.5) is 0 Å². The third kappa shape index (κ3) is 0.367. The number of hydrogen-bond acceptors (Lipinski definition) is 0. The molecule has 4 bridgehead atoms. The van der Waals surface area contributed by atoms with Crippen molar-refractivity contribution in [3.8, 4) is 0 Å². The Bertz CT molecular complexity index is 155. The van der Waals surface area contributed by atoms with Crippen LogP contribution in [-0.2, 0) is 0 Å².